The van der Waals surface area contributed by atoms with Crippen molar-refractivity contribution in [3.8, 4) is 0 Å². The number of rotatable bonds is 3. The average molecular weight is 282 g/mol. The van der Waals surface area contributed by atoms with Gasteiger partial charge in [-0.15, -0.1) is 0 Å². The summed E-state index contributed by atoms with van der Waals surface area (Å²) in [6.45, 7) is 20.1. The van der Waals surface area contributed by atoms with Gasteiger partial charge < -0.3 is 9.16 Å². The molecule has 4 atom stereocenters. The first kappa shape index (κ1) is 15.3. The summed E-state index contributed by atoms with van der Waals surface area (Å²) in [6.07, 6.45) is 2.84. The van der Waals surface area contributed by atoms with Gasteiger partial charge in [0.05, 0.1) is 12.2 Å². The third-order valence-electron chi connectivity index (χ3n) is 5.55. The van der Waals surface area contributed by atoms with Gasteiger partial charge in [0.2, 0.25) is 0 Å². The fraction of sp³-hybridized carbons (Fsp3) is 0.875. The Bertz CT molecular complexity index is 383. The SMILES string of the molecule is C=C(C)[C@H]1C[C@@H]2O[C@]2(C)[C@H](O[Si](C)(C)C(C)(C)C)C1. The van der Waals surface area contributed by atoms with Crippen LogP contribution in [0.4, 0.5) is 0 Å². The van der Waals surface area contributed by atoms with Crippen molar-refractivity contribution >= 4 is 8.32 Å². The number of hydrogen-bond acceptors (Lipinski definition) is 2. The number of epoxide rings is 1. The van der Waals surface area contributed by atoms with Crippen LogP contribution in [0, 0.1) is 5.92 Å². The van der Waals surface area contributed by atoms with E-state index in [1.165, 1.54) is 5.57 Å². The Morgan fingerprint density at radius 2 is 1.89 bits per heavy atom. The summed E-state index contributed by atoms with van der Waals surface area (Å²) in [5.41, 5.74) is 1.25. The lowest BCUT2D eigenvalue weighted by Gasteiger charge is -2.42. The average Bonchev–Trinajstić information content (AvgIpc) is 2.87. The van der Waals surface area contributed by atoms with E-state index in [0.717, 1.165) is 12.8 Å². The van der Waals surface area contributed by atoms with Crippen molar-refractivity contribution in [1.82, 2.24) is 0 Å². The summed E-state index contributed by atoms with van der Waals surface area (Å²) in [6, 6.07) is 0. The molecule has 2 aliphatic rings. The van der Waals surface area contributed by atoms with Gasteiger partial charge in [-0.3, -0.25) is 0 Å². The summed E-state index contributed by atoms with van der Waals surface area (Å²) in [5.74, 6) is 0.565. The van der Waals surface area contributed by atoms with Gasteiger partial charge in [-0.05, 0) is 50.7 Å². The first-order valence-corrected chi connectivity index (χ1v) is 10.4. The third-order valence-corrected chi connectivity index (χ3v) is 10.0. The molecule has 0 bridgehead atoms. The summed E-state index contributed by atoms with van der Waals surface area (Å²) in [4.78, 5) is 0. The van der Waals surface area contributed by atoms with E-state index in [9.17, 15) is 0 Å². The third kappa shape index (κ3) is 2.70. The maximum Gasteiger partial charge on any atom is 0.192 e. The van der Waals surface area contributed by atoms with Crippen LogP contribution in [0.25, 0.3) is 0 Å². The first-order valence-electron chi connectivity index (χ1n) is 7.48. The van der Waals surface area contributed by atoms with Crippen molar-refractivity contribution in [2.75, 3.05) is 0 Å². The Hall–Kier alpha value is -0.123. The van der Waals surface area contributed by atoms with Gasteiger partial charge in [0.25, 0.3) is 0 Å². The van der Waals surface area contributed by atoms with Crippen LogP contribution < -0.4 is 0 Å². The molecule has 0 spiro atoms. The molecule has 0 aromatic heterocycles. The number of fused-ring (bicyclic) bond motifs is 1. The zero-order valence-corrected chi connectivity index (χ0v) is 14.7. The molecule has 2 rings (SSSR count). The van der Waals surface area contributed by atoms with Gasteiger partial charge >= 0.3 is 0 Å². The molecule has 1 saturated carbocycles. The van der Waals surface area contributed by atoms with Gasteiger partial charge in [-0.2, -0.15) is 0 Å². The monoisotopic (exact) mass is 282 g/mol. The van der Waals surface area contributed by atoms with Gasteiger partial charge in [0.15, 0.2) is 8.32 Å². The summed E-state index contributed by atoms with van der Waals surface area (Å²) in [5, 5.41) is 0.254. The molecular weight excluding hydrogens is 252 g/mol. The Kier molecular flexibility index (Phi) is 3.57. The topological polar surface area (TPSA) is 21.8 Å². The van der Waals surface area contributed by atoms with E-state index in [1.54, 1.807) is 0 Å². The Morgan fingerprint density at radius 3 is 2.37 bits per heavy atom. The van der Waals surface area contributed by atoms with Crippen LogP contribution in [0.1, 0.15) is 47.5 Å². The number of ether oxygens (including phenoxy) is 1. The lowest BCUT2D eigenvalue weighted by molar-refractivity contribution is 0.0732. The lowest BCUT2D eigenvalue weighted by atomic mass is 9.78. The zero-order valence-electron chi connectivity index (χ0n) is 13.7. The molecule has 1 heterocycles. The summed E-state index contributed by atoms with van der Waals surface area (Å²) < 4.78 is 12.6. The standard InChI is InChI=1S/C16H30O2Si/c1-11(2)12-9-13-16(6,17-13)14(10-12)18-19(7,8)15(3,4)5/h12-14H,1,9-10H2,2-8H3/t12-,13-,14+,16-/m0/s1. The molecule has 0 N–H and O–H groups in total. The molecule has 0 radical (unpaired) electrons. The largest absolute Gasteiger partial charge is 0.411 e. The smallest absolute Gasteiger partial charge is 0.192 e. The van der Waals surface area contributed by atoms with E-state index >= 15 is 0 Å². The van der Waals surface area contributed by atoms with Crippen molar-refractivity contribution in [1.29, 1.82) is 0 Å². The molecule has 0 amide bonds. The fourth-order valence-corrected chi connectivity index (χ4v) is 4.18. The number of allylic oxidation sites excluding steroid dienone is 1. The van der Waals surface area contributed by atoms with Crippen LogP contribution >= 0.6 is 0 Å². The van der Waals surface area contributed by atoms with Crippen LogP contribution in [0.2, 0.25) is 18.1 Å². The molecule has 1 aliphatic carbocycles. The zero-order chi connectivity index (χ0) is 14.6. The predicted octanol–water partition coefficient (Wildman–Crippen LogP) is 4.52. The molecule has 1 aliphatic heterocycles. The van der Waals surface area contributed by atoms with Crippen LogP contribution in [0.5, 0.6) is 0 Å². The highest BCUT2D eigenvalue weighted by Gasteiger charge is 2.63. The predicted molar refractivity (Wildman–Crippen MR) is 82.9 cm³/mol. The van der Waals surface area contributed by atoms with Crippen LogP contribution in [0.15, 0.2) is 12.2 Å². The molecule has 3 heteroatoms. The van der Waals surface area contributed by atoms with E-state index in [-0.39, 0.29) is 16.7 Å². The molecule has 2 nitrogen and oxygen atoms in total. The molecule has 0 aromatic carbocycles. The second-order valence-corrected chi connectivity index (χ2v) is 12.9. The van der Waals surface area contributed by atoms with Crippen molar-refractivity contribution in [2.45, 2.75) is 83.4 Å². The Morgan fingerprint density at radius 1 is 1.32 bits per heavy atom. The Labute approximate surface area is 119 Å². The van der Waals surface area contributed by atoms with Crippen molar-refractivity contribution in [3.05, 3.63) is 12.2 Å². The molecular formula is C16H30O2Si. The van der Waals surface area contributed by atoms with Crippen LogP contribution in [-0.4, -0.2) is 26.1 Å². The molecule has 110 valence electrons. The first-order chi connectivity index (χ1) is 8.47. The fourth-order valence-electron chi connectivity index (χ4n) is 2.78. The van der Waals surface area contributed by atoms with E-state index < -0.39 is 8.32 Å². The van der Waals surface area contributed by atoms with Crippen molar-refractivity contribution < 1.29 is 9.16 Å². The highest BCUT2D eigenvalue weighted by Crippen LogP contribution is 2.53. The van der Waals surface area contributed by atoms with Crippen molar-refractivity contribution in [2.24, 2.45) is 5.92 Å². The summed E-state index contributed by atoms with van der Waals surface area (Å²) in [7, 11) is -1.73. The molecule has 2 fully saturated rings. The van der Waals surface area contributed by atoms with E-state index in [1.807, 2.05) is 0 Å². The molecule has 1 saturated heterocycles. The second-order valence-electron chi connectivity index (χ2n) is 8.17. The summed E-state index contributed by atoms with van der Waals surface area (Å²) >= 11 is 0. The minimum atomic E-state index is -1.73. The van der Waals surface area contributed by atoms with Crippen LogP contribution in [-0.2, 0) is 9.16 Å². The van der Waals surface area contributed by atoms with Crippen molar-refractivity contribution in [3.63, 3.8) is 0 Å². The molecule has 0 unspecified atom stereocenters. The second kappa shape index (κ2) is 4.44. The van der Waals surface area contributed by atoms with Gasteiger partial charge in [0.1, 0.15) is 5.60 Å². The molecule has 19 heavy (non-hydrogen) atoms. The highest BCUT2D eigenvalue weighted by atomic mass is 28.4. The van der Waals surface area contributed by atoms with Gasteiger partial charge in [-0.1, -0.05) is 32.9 Å². The maximum atomic E-state index is 6.65. The van der Waals surface area contributed by atoms with Gasteiger partial charge in [0, 0.05) is 0 Å². The number of hydrogen-bond donors (Lipinski definition) is 0. The quantitative estimate of drug-likeness (QED) is 0.431. The van der Waals surface area contributed by atoms with E-state index in [0.29, 0.717) is 12.0 Å². The highest BCUT2D eigenvalue weighted by molar-refractivity contribution is 6.74. The Balaban J connectivity index is 2.12. The van der Waals surface area contributed by atoms with Gasteiger partial charge in [-0.25, -0.2) is 0 Å². The normalized spacial score (nSPS) is 38.8. The van der Waals surface area contributed by atoms with E-state index in [4.69, 9.17) is 9.16 Å². The minimum Gasteiger partial charge on any atom is -0.411 e. The maximum absolute atomic E-state index is 6.65. The van der Waals surface area contributed by atoms with Crippen LogP contribution in [0.3, 0.4) is 0 Å². The molecule has 0 aromatic rings. The lowest BCUT2D eigenvalue weighted by Crippen LogP contribution is -2.50. The van der Waals surface area contributed by atoms with E-state index in [2.05, 4.69) is 54.3 Å². The minimum absolute atomic E-state index is 0.0263.